The summed E-state index contributed by atoms with van der Waals surface area (Å²) in [4.78, 5) is 4.37. The number of hydrogen-bond donors (Lipinski definition) is 0. The summed E-state index contributed by atoms with van der Waals surface area (Å²) in [6.07, 6.45) is 4.38. The topological polar surface area (TPSA) is 12.9 Å². The third-order valence-corrected chi connectivity index (χ3v) is 2.45. The SMILES string of the molecule is CC(C)CCc1ccnc(C(C)C)c1. The van der Waals surface area contributed by atoms with Crippen molar-refractivity contribution in [2.24, 2.45) is 5.92 Å². The Morgan fingerprint density at radius 3 is 2.50 bits per heavy atom. The average molecular weight is 191 g/mol. The largest absolute Gasteiger partial charge is 0.261 e. The molecule has 0 saturated heterocycles. The van der Waals surface area contributed by atoms with E-state index in [9.17, 15) is 0 Å². The second kappa shape index (κ2) is 5.14. The van der Waals surface area contributed by atoms with Crippen molar-refractivity contribution in [1.82, 2.24) is 4.98 Å². The number of pyridine rings is 1. The minimum Gasteiger partial charge on any atom is -0.261 e. The first-order valence-electron chi connectivity index (χ1n) is 5.54. The normalized spacial score (nSPS) is 11.3. The van der Waals surface area contributed by atoms with Crippen LogP contribution in [0.15, 0.2) is 18.3 Å². The molecule has 0 aliphatic carbocycles. The van der Waals surface area contributed by atoms with E-state index in [-0.39, 0.29) is 0 Å². The Labute approximate surface area is 87.6 Å². The van der Waals surface area contributed by atoms with Gasteiger partial charge in [-0.3, -0.25) is 4.98 Å². The molecule has 0 amide bonds. The highest BCUT2D eigenvalue weighted by molar-refractivity contribution is 5.18. The van der Waals surface area contributed by atoms with E-state index >= 15 is 0 Å². The van der Waals surface area contributed by atoms with E-state index in [4.69, 9.17) is 0 Å². The van der Waals surface area contributed by atoms with Gasteiger partial charge in [0, 0.05) is 11.9 Å². The van der Waals surface area contributed by atoms with Gasteiger partial charge in [0.1, 0.15) is 0 Å². The molecule has 0 atom stereocenters. The van der Waals surface area contributed by atoms with E-state index in [0.717, 1.165) is 5.92 Å². The third-order valence-electron chi connectivity index (χ3n) is 2.45. The van der Waals surface area contributed by atoms with Crippen LogP contribution >= 0.6 is 0 Å². The second-order valence-corrected chi connectivity index (χ2v) is 4.68. The van der Waals surface area contributed by atoms with E-state index in [1.54, 1.807) is 0 Å². The molecule has 0 spiro atoms. The summed E-state index contributed by atoms with van der Waals surface area (Å²) in [5.41, 5.74) is 2.64. The number of hydrogen-bond acceptors (Lipinski definition) is 1. The van der Waals surface area contributed by atoms with Crippen LogP contribution in [0, 0.1) is 5.92 Å². The van der Waals surface area contributed by atoms with Gasteiger partial charge in [-0.1, -0.05) is 27.7 Å². The van der Waals surface area contributed by atoms with Crippen LogP contribution in [0.3, 0.4) is 0 Å². The minimum absolute atomic E-state index is 0.536. The molecule has 0 fully saturated rings. The zero-order valence-electron chi connectivity index (χ0n) is 9.75. The highest BCUT2D eigenvalue weighted by atomic mass is 14.7. The molecule has 0 N–H and O–H groups in total. The summed E-state index contributed by atoms with van der Waals surface area (Å²) >= 11 is 0. The molecule has 14 heavy (non-hydrogen) atoms. The molecule has 1 heteroatoms. The van der Waals surface area contributed by atoms with Gasteiger partial charge in [0.15, 0.2) is 0 Å². The molecule has 1 aromatic heterocycles. The van der Waals surface area contributed by atoms with Gasteiger partial charge in [-0.05, 0) is 42.4 Å². The summed E-state index contributed by atoms with van der Waals surface area (Å²) in [6.45, 7) is 8.91. The summed E-state index contributed by atoms with van der Waals surface area (Å²) in [5.74, 6) is 1.32. The van der Waals surface area contributed by atoms with Crippen molar-refractivity contribution in [2.75, 3.05) is 0 Å². The van der Waals surface area contributed by atoms with Gasteiger partial charge in [-0.2, -0.15) is 0 Å². The van der Waals surface area contributed by atoms with Crippen LogP contribution in [0.25, 0.3) is 0 Å². The Morgan fingerprint density at radius 1 is 1.21 bits per heavy atom. The first-order valence-corrected chi connectivity index (χ1v) is 5.54. The summed E-state index contributed by atoms with van der Waals surface area (Å²) in [7, 11) is 0. The van der Waals surface area contributed by atoms with Gasteiger partial charge in [-0.25, -0.2) is 0 Å². The molecule has 0 aliphatic rings. The molecule has 78 valence electrons. The number of aryl methyl sites for hydroxylation is 1. The zero-order valence-corrected chi connectivity index (χ0v) is 9.75. The third kappa shape index (κ3) is 3.49. The number of aromatic nitrogens is 1. The van der Waals surface area contributed by atoms with E-state index in [2.05, 4.69) is 44.8 Å². The van der Waals surface area contributed by atoms with Gasteiger partial charge in [0.05, 0.1) is 0 Å². The molecule has 0 aliphatic heterocycles. The molecule has 1 heterocycles. The summed E-state index contributed by atoms with van der Waals surface area (Å²) in [5, 5.41) is 0. The fraction of sp³-hybridized carbons (Fsp3) is 0.615. The lowest BCUT2D eigenvalue weighted by Crippen LogP contribution is -1.96. The molecule has 1 rings (SSSR count). The molecule has 0 aromatic carbocycles. The smallest absolute Gasteiger partial charge is 0.0431 e. The van der Waals surface area contributed by atoms with Crippen molar-refractivity contribution in [1.29, 1.82) is 0 Å². The van der Waals surface area contributed by atoms with Crippen LogP contribution in [0.1, 0.15) is 51.3 Å². The molecule has 0 bridgehead atoms. The number of nitrogens with zero attached hydrogens (tertiary/aromatic N) is 1. The first kappa shape index (κ1) is 11.2. The Morgan fingerprint density at radius 2 is 1.93 bits per heavy atom. The van der Waals surface area contributed by atoms with Crippen LogP contribution in [-0.4, -0.2) is 4.98 Å². The van der Waals surface area contributed by atoms with Gasteiger partial charge in [-0.15, -0.1) is 0 Å². The van der Waals surface area contributed by atoms with Crippen LogP contribution in [-0.2, 0) is 6.42 Å². The zero-order chi connectivity index (χ0) is 10.6. The van der Waals surface area contributed by atoms with Crippen LogP contribution in [0.2, 0.25) is 0 Å². The van der Waals surface area contributed by atoms with Crippen molar-refractivity contribution in [3.8, 4) is 0 Å². The Bertz CT molecular complexity index is 276. The predicted molar refractivity (Wildman–Crippen MR) is 61.5 cm³/mol. The lowest BCUT2D eigenvalue weighted by Gasteiger charge is -2.08. The lowest BCUT2D eigenvalue weighted by atomic mass is 10.0. The minimum atomic E-state index is 0.536. The van der Waals surface area contributed by atoms with E-state index in [1.807, 2.05) is 6.20 Å². The van der Waals surface area contributed by atoms with Gasteiger partial charge >= 0.3 is 0 Å². The Hall–Kier alpha value is -0.850. The predicted octanol–water partition coefficient (Wildman–Crippen LogP) is 3.79. The van der Waals surface area contributed by atoms with E-state index < -0.39 is 0 Å². The monoisotopic (exact) mass is 191 g/mol. The fourth-order valence-electron chi connectivity index (χ4n) is 1.42. The first-order chi connectivity index (χ1) is 6.59. The average Bonchev–Trinajstić information content (AvgIpc) is 2.15. The molecular formula is C13H21N. The molecular weight excluding hydrogens is 170 g/mol. The van der Waals surface area contributed by atoms with Crippen molar-refractivity contribution in [2.45, 2.75) is 46.5 Å². The number of rotatable bonds is 4. The molecule has 1 aromatic rings. The van der Waals surface area contributed by atoms with Crippen LogP contribution in [0.5, 0.6) is 0 Å². The van der Waals surface area contributed by atoms with Gasteiger partial charge in [0.2, 0.25) is 0 Å². The molecule has 0 unspecified atom stereocenters. The van der Waals surface area contributed by atoms with Crippen molar-refractivity contribution in [3.05, 3.63) is 29.6 Å². The fourth-order valence-corrected chi connectivity index (χ4v) is 1.42. The maximum Gasteiger partial charge on any atom is 0.0431 e. The second-order valence-electron chi connectivity index (χ2n) is 4.68. The van der Waals surface area contributed by atoms with Crippen molar-refractivity contribution in [3.63, 3.8) is 0 Å². The standard InChI is InChI=1S/C13H21N/c1-10(2)5-6-12-7-8-14-13(9-12)11(3)4/h7-11H,5-6H2,1-4H3. The maximum absolute atomic E-state index is 4.37. The maximum atomic E-state index is 4.37. The molecule has 0 saturated carbocycles. The van der Waals surface area contributed by atoms with Crippen molar-refractivity contribution >= 4 is 0 Å². The molecule has 1 nitrogen and oxygen atoms in total. The van der Waals surface area contributed by atoms with Crippen LogP contribution < -0.4 is 0 Å². The Kier molecular flexibility index (Phi) is 4.12. The van der Waals surface area contributed by atoms with E-state index in [1.165, 1.54) is 24.1 Å². The van der Waals surface area contributed by atoms with Gasteiger partial charge < -0.3 is 0 Å². The molecule has 0 radical (unpaired) electrons. The van der Waals surface area contributed by atoms with E-state index in [0.29, 0.717) is 5.92 Å². The lowest BCUT2D eigenvalue weighted by molar-refractivity contribution is 0.586. The Balaban J connectivity index is 2.64. The van der Waals surface area contributed by atoms with Crippen molar-refractivity contribution < 1.29 is 0 Å². The van der Waals surface area contributed by atoms with Gasteiger partial charge in [0.25, 0.3) is 0 Å². The summed E-state index contributed by atoms with van der Waals surface area (Å²) < 4.78 is 0. The highest BCUT2D eigenvalue weighted by Crippen LogP contribution is 2.15. The quantitative estimate of drug-likeness (QED) is 0.705. The highest BCUT2D eigenvalue weighted by Gasteiger charge is 2.02. The van der Waals surface area contributed by atoms with Crippen LogP contribution in [0.4, 0.5) is 0 Å². The summed E-state index contributed by atoms with van der Waals surface area (Å²) in [6, 6.07) is 4.38.